The monoisotopic (exact) mass is 737 g/mol. The van der Waals surface area contributed by atoms with Crippen molar-refractivity contribution in [2.45, 2.75) is 64.3 Å². The van der Waals surface area contributed by atoms with Crippen LogP contribution in [0.3, 0.4) is 0 Å². The molecule has 1 fully saturated rings. The minimum atomic E-state index is -4.45. The van der Waals surface area contributed by atoms with E-state index in [4.69, 9.17) is 0 Å². The average Bonchev–Trinajstić information content (AvgIpc) is 3.59. The first-order valence-electron chi connectivity index (χ1n) is 18.4. The third kappa shape index (κ3) is 10.2. The SMILES string of the molecule is CCCCCc1ccc(CN(C(=O)/C=C/c2ccc(C(F)(F)F)cc2)[C@@H](Cc2csc3ccccc23)C(=O)N2CCN(Cc3ccccc3)CC2)cc1. The van der Waals surface area contributed by atoms with Gasteiger partial charge in [-0.25, -0.2) is 0 Å². The van der Waals surface area contributed by atoms with Crippen LogP contribution in [0.5, 0.6) is 0 Å². The van der Waals surface area contributed by atoms with Crippen LogP contribution in [-0.2, 0) is 41.7 Å². The van der Waals surface area contributed by atoms with Gasteiger partial charge in [0, 0.05) is 56.5 Å². The van der Waals surface area contributed by atoms with Gasteiger partial charge >= 0.3 is 6.18 Å². The predicted octanol–water partition coefficient (Wildman–Crippen LogP) is 9.65. The number of amides is 2. The van der Waals surface area contributed by atoms with E-state index in [0.717, 1.165) is 78.7 Å². The van der Waals surface area contributed by atoms with Crippen molar-refractivity contribution in [1.82, 2.24) is 14.7 Å². The van der Waals surface area contributed by atoms with Gasteiger partial charge in [-0.2, -0.15) is 13.2 Å². The van der Waals surface area contributed by atoms with Gasteiger partial charge in [0.25, 0.3) is 0 Å². The van der Waals surface area contributed by atoms with Gasteiger partial charge in [0.1, 0.15) is 6.04 Å². The Bertz CT molecular complexity index is 1970. The number of unbranched alkanes of at least 4 members (excludes halogenated alkanes) is 2. The van der Waals surface area contributed by atoms with Crippen molar-refractivity contribution < 1.29 is 22.8 Å². The number of carbonyl (C=O) groups is 2. The quantitative estimate of drug-likeness (QED) is 0.0843. The molecule has 0 radical (unpaired) electrons. The summed E-state index contributed by atoms with van der Waals surface area (Å²) in [5.41, 5.74) is 4.07. The van der Waals surface area contributed by atoms with Crippen molar-refractivity contribution in [3.05, 3.63) is 148 Å². The molecule has 5 aromatic rings. The second kappa shape index (κ2) is 17.9. The van der Waals surface area contributed by atoms with Gasteiger partial charge in [0.15, 0.2) is 0 Å². The molecule has 0 spiro atoms. The predicted molar refractivity (Wildman–Crippen MR) is 208 cm³/mol. The van der Waals surface area contributed by atoms with Gasteiger partial charge < -0.3 is 9.80 Å². The number of hydrogen-bond donors (Lipinski definition) is 0. The number of fused-ring (bicyclic) bond motifs is 1. The number of carbonyl (C=O) groups excluding carboxylic acids is 2. The van der Waals surface area contributed by atoms with E-state index in [1.807, 2.05) is 47.4 Å². The minimum Gasteiger partial charge on any atom is -0.338 e. The van der Waals surface area contributed by atoms with Crippen molar-refractivity contribution in [3.8, 4) is 0 Å². The highest BCUT2D eigenvalue weighted by Gasteiger charge is 2.35. The number of rotatable bonds is 14. The molecule has 0 bridgehead atoms. The van der Waals surface area contributed by atoms with Crippen molar-refractivity contribution in [2.75, 3.05) is 26.2 Å². The molecule has 1 saturated heterocycles. The van der Waals surface area contributed by atoms with Crippen LogP contribution in [0, 0.1) is 0 Å². The van der Waals surface area contributed by atoms with E-state index in [2.05, 4.69) is 53.6 Å². The average molecular weight is 738 g/mol. The molecule has 1 atom stereocenters. The zero-order chi connectivity index (χ0) is 37.2. The zero-order valence-electron chi connectivity index (χ0n) is 30.1. The van der Waals surface area contributed by atoms with E-state index in [9.17, 15) is 22.8 Å². The molecule has 0 saturated carbocycles. The topological polar surface area (TPSA) is 43.9 Å². The lowest BCUT2D eigenvalue weighted by atomic mass is 10.00. The van der Waals surface area contributed by atoms with Crippen LogP contribution < -0.4 is 0 Å². The van der Waals surface area contributed by atoms with Crippen LogP contribution in [0.15, 0.2) is 115 Å². The Morgan fingerprint density at radius 2 is 1.49 bits per heavy atom. The largest absolute Gasteiger partial charge is 0.416 e. The fourth-order valence-electron chi connectivity index (χ4n) is 6.88. The van der Waals surface area contributed by atoms with E-state index in [0.29, 0.717) is 25.1 Å². The maximum absolute atomic E-state index is 14.8. The zero-order valence-corrected chi connectivity index (χ0v) is 30.9. The molecule has 1 aliphatic rings. The summed E-state index contributed by atoms with van der Waals surface area (Å²) in [7, 11) is 0. The lowest BCUT2D eigenvalue weighted by molar-refractivity contribution is -0.145. The van der Waals surface area contributed by atoms with Crippen molar-refractivity contribution >= 4 is 39.3 Å². The van der Waals surface area contributed by atoms with E-state index < -0.39 is 17.8 Å². The number of piperazine rings is 1. The molecule has 53 heavy (non-hydrogen) atoms. The van der Waals surface area contributed by atoms with Crippen molar-refractivity contribution in [3.63, 3.8) is 0 Å². The number of thiophene rings is 1. The van der Waals surface area contributed by atoms with E-state index in [1.165, 1.54) is 35.4 Å². The maximum atomic E-state index is 14.8. The van der Waals surface area contributed by atoms with Crippen LogP contribution in [0.1, 0.15) is 59.6 Å². The minimum absolute atomic E-state index is 0.105. The summed E-state index contributed by atoms with van der Waals surface area (Å²) < 4.78 is 40.8. The molecule has 9 heteroatoms. The summed E-state index contributed by atoms with van der Waals surface area (Å²) >= 11 is 1.62. The Morgan fingerprint density at radius 3 is 2.19 bits per heavy atom. The third-order valence-corrected chi connectivity index (χ3v) is 11.0. The highest BCUT2D eigenvalue weighted by molar-refractivity contribution is 7.17. The maximum Gasteiger partial charge on any atom is 0.416 e. The lowest BCUT2D eigenvalue weighted by Crippen LogP contribution is -2.56. The summed E-state index contributed by atoms with van der Waals surface area (Å²) in [6.45, 7) is 5.72. The van der Waals surface area contributed by atoms with Crippen LogP contribution in [0.25, 0.3) is 16.2 Å². The van der Waals surface area contributed by atoms with Gasteiger partial charge in [-0.15, -0.1) is 11.3 Å². The van der Waals surface area contributed by atoms with Gasteiger partial charge in [-0.05, 0) is 75.7 Å². The second-order valence-corrected chi connectivity index (χ2v) is 14.7. The highest BCUT2D eigenvalue weighted by Crippen LogP contribution is 2.30. The van der Waals surface area contributed by atoms with Crippen LogP contribution in [-0.4, -0.2) is 58.7 Å². The van der Waals surface area contributed by atoms with Crippen LogP contribution in [0.2, 0.25) is 0 Å². The van der Waals surface area contributed by atoms with E-state index in [1.54, 1.807) is 16.2 Å². The molecule has 0 unspecified atom stereocenters. The van der Waals surface area contributed by atoms with E-state index in [-0.39, 0.29) is 18.4 Å². The Balaban J connectivity index is 1.30. The molecule has 4 aromatic carbocycles. The van der Waals surface area contributed by atoms with Crippen LogP contribution >= 0.6 is 11.3 Å². The molecule has 6 rings (SSSR count). The smallest absolute Gasteiger partial charge is 0.338 e. The summed E-state index contributed by atoms with van der Waals surface area (Å²) in [5, 5.41) is 3.14. The van der Waals surface area contributed by atoms with Crippen molar-refractivity contribution in [1.29, 1.82) is 0 Å². The lowest BCUT2D eigenvalue weighted by Gasteiger charge is -2.39. The molecule has 276 valence electrons. The fourth-order valence-corrected chi connectivity index (χ4v) is 7.86. The molecule has 5 nitrogen and oxygen atoms in total. The number of benzene rings is 4. The fraction of sp³-hybridized carbons (Fsp3) is 0.318. The van der Waals surface area contributed by atoms with Crippen LogP contribution in [0.4, 0.5) is 13.2 Å². The Morgan fingerprint density at radius 1 is 0.811 bits per heavy atom. The number of hydrogen-bond acceptors (Lipinski definition) is 4. The number of alkyl halides is 3. The second-order valence-electron chi connectivity index (χ2n) is 13.8. The Labute approximate surface area is 314 Å². The normalized spacial score (nSPS) is 14.5. The number of aryl methyl sites for hydroxylation is 1. The van der Waals surface area contributed by atoms with Gasteiger partial charge in [0.05, 0.1) is 5.56 Å². The first-order chi connectivity index (χ1) is 25.7. The highest BCUT2D eigenvalue weighted by atomic mass is 32.1. The van der Waals surface area contributed by atoms with Gasteiger partial charge in [-0.1, -0.05) is 105 Å². The first-order valence-corrected chi connectivity index (χ1v) is 19.3. The molecule has 2 heterocycles. The number of halogens is 3. The van der Waals surface area contributed by atoms with E-state index >= 15 is 0 Å². The summed E-state index contributed by atoms with van der Waals surface area (Å²) in [6.07, 6.45) is 3.19. The number of nitrogens with zero attached hydrogens (tertiary/aromatic N) is 3. The van der Waals surface area contributed by atoms with Gasteiger partial charge in [0.2, 0.25) is 11.8 Å². The molecular weight excluding hydrogens is 692 g/mol. The summed E-state index contributed by atoms with van der Waals surface area (Å²) in [4.78, 5) is 35.0. The first kappa shape index (κ1) is 38.0. The molecule has 2 amide bonds. The molecule has 1 aliphatic heterocycles. The molecule has 0 aliphatic carbocycles. The standard InChI is InChI=1S/C44H46F3N3O2S/c1-2-3-5-10-33-15-17-36(18-16-33)31-50(42(51)24-21-34-19-22-38(23-20-34)44(45,46)47)40(29-37-32-53-41-14-9-8-13-39(37)41)43(52)49-27-25-48(26-28-49)30-35-11-6-4-7-12-35/h4,6-9,11-24,32,40H,2-3,5,10,25-31H2,1H3/b24-21+/t40-/m0/s1. The Kier molecular flexibility index (Phi) is 12.8. The van der Waals surface area contributed by atoms with Crippen molar-refractivity contribution in [2.24, 2.45) is 0 Å². The molecule has 0 N–H and O–H groups in total. The Hall–Kier alpha value is -4.73. The third-order valence-electron chi connectivity index (χ3n) is 9.95. The summed E-state index contributed by atoms with van der Waals surface area (Å²) in [6, 6.07) is 30.6. The van der Waals surface area contributed by atoms with Gasteiger partial charge in [-0.3, -0.25) is 14.5 Å². The molecular formula is C44H46F3N3O2S. The molecule has 1 aromatic heterocycles. The summed E-state index contributed by atoms with van der Waals surface area (Å²) in [5.74, 6) is -0.482.